The van der Waals surface area contributed by atoms with Gasteiger partial charge in [0.15, 0.2) is 5.06 Å². The number of nitrogens with zero attached hydrogens (tertiary/aromatic N) is 2. The minimum Gasteiger partial charge on any atom is -0.498 e. The van der Waals surface area contributed by atoms with Gasteiger partial charge in [0.2, 0.25) is 0 Å². The van der Waals surface area contributed by atoms with Gasteiger partial charge in [-0.3, -0.25) is 4.79 Å². The molecule has 1 N–H and O–H groups in total. The Morgan fingerprint density at radius 2 is 1.94 bits per heavy atom. The summed E-state index contributed by atoms with van der Waals surface area (Å²) in [4.78, 5) is 12.2. The molecule has 0 radical (unpaired) electrons. The highest BCUT2D eigenvalue weighted by atomic mass is 32.1. The second-order valence-corrected chi connectivity index (χ2v) is 4.93. The molecule has 0 bridgehead atoms. The van der Waals surface area contributed by atoms with E-state index in [4.69, 9.17) is 10.5 Å². The predicted molar refractivity (Wildman–Crippen MR) is 65.0 cm³/mol. The zero-order chi connectivity index (χ0) is 12.4. The second kappa shape index (κ2) is 4.38. The molecule has 0 atom stereocenters. The van der Waals surface area contributed by atoms with Crippen molar-refractivity contribution in [2.24, 2.45) is 0 Å². The molecule has 0 spiro atoms. The van der Waals surface area contributed by atoms with Crippen molar-refractivity contribution >= 4 is 22.7 Å². The smallest absolute Gasteiger partial charge is 0.254 e. The zero-order valence-corrected chi connectivity index (χ0v) is 9.93. The van der Waals surface area contributed by atoms with Gasteiger partial charge in [0.1, 0.15) is 23.3 Å². The normalized spacial score (nSPS) is 9.53. The molecule has 82 valence electrons. The Labute approximate surface area is 104 Å². The van der Waals surface area contributed by atoms with Gasteiger partial charge in [0.25, 0.3) is 4.74 Å². The van der Waals surface area contributed by atoms with Gasteiger partial charge in [-0.05, 0) is 11.4 Å². The maximum atomic E-state index is 11.6. The third kappa shape index (κ3) is 1.80. The van der Waals surface area contributed by atoms with Crippen molar-refractivity contribution < 1.29 is 5.11 Å². The Hall–Kier alpha value is -2.15. The molecule has 2 aromatic rings. The Kier molecular flexibility index (Phi) is 2.92. The third-order valence-electron chi connectivity index (χ3n) is 2.10. The van der Waals surface area contributed by atoms with Crippen LogP contribution in [0.15, 0.2) is 22.3 Å². The van der Waals surface area contributed by atoms with Gasteiger partial charge in [0, 0.05) is 10.4 Å². The largest absolute Gasteiger partial charge is 0.498 e. The minimum atomic E-state index is -0.535. The van der Waals surface area contributed by atoms with E-state index in [0.29, 0.717) is 16.2 Å². The monoisotopic (exact) mass is 260 g/mol. The Morgan fingerprint density at radius 1 is 1.24 bits per heavy atom. The highest BCUT2D eigenvalue weighted by Crippen LogP contribution is 2.35. The fourth-order valence-corrected chi connectivity index (χ4v) is 2.85. The number of nitriles is 2. The van der Waals surface area contributed by atoms with Gasteiger partial charge in [-0.1, -0.05) is 17.4 Å². The molecule has 0 fully saturated rings. The molecule has 4 nitrogen and oxygen atoms in total. The molecule has 6 heteroatoms. The molecule has 0 aliphatic heterocycles. The van der Waals surface area contributed by atoms with E-state index in [1.54, 1.807) is 23.6 Å². The summed E-state index contributed by atoms with van der Waals surface area (Å²) >= 11 is 1.81. The summed E-state index contributed by atoms with van der Waals surface area (Å²) in [6.45, 7) is 0. The summed E-state index contributed by atoms with van der Waals surface area (Å²) in [6.07, 6.45) is 0. The van der Waals surface area contributed by atoms with Crippen LogP contribution in [0.5, 0.6) is 5.06 Å². The lowest BCUT2D eigenvalue weighted by Gasteiger charge is -2.03. The first kappa shape index (κ1) is 11.3. The van der Waals surface area contributed by atoms with Crippen molar-refractivity contribution in [3.05, 3.63) is 38.2 Å². The molecular weight excluding hydrogens is 256 g/mol. The topological polar surface area (TPSA) is 84.9 Å². The molecule has 2 aromatic heterocycles. The zero-order valence-electron chi connectivity index (χ0n) is 8.30. The summed E-state index contributed by atoms with van der Waals surface area (Å²) in [5.41, 5.74) is 0.117. The molecule has 17 heavy (non-hydrogen) atoms. The van der Waals surface area contributed by atoms with Crippen molar-refractivity contribution in [1.82, 2.24) is 0 Å². The fourth-order valence-electron chi connectivity index (χ4n) is 1.40. The highest BCUT2D eigenvalue weighted by molar-refractivity contribution is 7.14. The summed E-state index contributed by atoms with van der Waals surface area (Å²) in [5.74, 6) is 0. The van der Waals surface area contributed by atoms with Crippen LogP contribution in [0.3, 0.4) is 0 Å². The van der Waals surface area contributed by atoms with Crippen molar-refractivity contribution in [1.29, 1.82) is 10.5 Å². The van der Waals surface area contributed by atoms with E-state index in [1.165, 1.54) is 11.3 Å². The van der Waals surface area contributed by atoms with Gasteiger partial charge >= 0.3 is 0 Å². The van der Waals surface area contributed by atoms with Crippen molar-refractivity contribution in [3.8, 4) is 27.6 Å². The van der Waals surface area contributed by atoms with E-state index in [9.17, 15) is 9.90 Å². The van der Waals surface area contributed by atoms with Crippen LogP contribution in [0.2, 0.25) is 0 Å². The van der Waals surface area contributed by atoms with Gasteiger partial charge in [-0.15, -0.1) is 11.3 Å². The highest BCUT2D eigenvalue weighted by Gasteiger charge is 2.19. The van der Waals surface area contributed by atoms with Crippen LogP contribution >= 0.6 is 22.7 Å². The maximum Gasteiger partial charge on any atom is 0.254 e. The number of aromatic hydroxyl groups is 1. The van der Waals surface area contributed by atoms with E-state index in [0.717, 1.165) is 0 Å². The first-order chi connectivity index (χ1) is 8.19. The Bertz CT molecular complexity index is 703. The quantitative estimate of drug-likeness (QED) is 0.852. The summed E-state index contributed by atoms with van der Waals surface area (Å²) in [6, 6.07) is 7.08. The fraction of sp³-hybridized carbons (Fsp3) is 0. The molecule has 0 aliphatic carbocycles. The van der Waals surface area contributed by atoms with Crippen LogP contribution < -0.4 is 4.74 Å². The lowest BCUT2D eigenvalue weighted by Crippen LogP contribution is -2.04. The molecule has 2 rings (SSSR count). The van der Waals surface area contributed by atoms with Crippen LogP contribution in [-0.4, -0.2) is 5.11 Å². The first-order valence-corrected chi connectivity index (χ1v) is 6.12. The lowest BCUT2D eigenvalue weighted by molar-refractivity contribution is 0.488. The SMILES string of the molecule is N#Cc1c(O)sc(=O)c(C#N)c1-c1cccs1. The maximum absolute atomic E-state index is 11.6. The summed E-state index contributed by atoms with van der Waals surface area (Å²) in [7, 11) is 0. The molecule has 0 aromatic carbocycles. The van der Waals surface area contributed by atoms with E-state index in [1.807, 2.05) is 6.07 Å². The summed E-state index contributed by atoms with van der Waals surface area (Å²) in [5, 5.41) is 29.0. The molecule has 0 saturated heterocycles. The van der Waals surface area contributed by atoms with Crippen LogP contribution in [0.4, 0.5) is 0 Å². The van der Waals surface area contributed by atoms with Crippen molar-refractivity contribution in [2.45, 2.75) is 0 Å². The van der Waals surface area contributed by atoms with E-state index in [-0.39, 0.29) is 21.8 Å². The van der Waals surface area contributed by atoms with Gasteiger partial charge in [-0.2, -0.15) is 10.5 Å². The van der Waals surface area contributed by atoms with Crippen LogP contribution in [0, 0.1) is 22.7 Å². The van der Waals surface area contributed by atoms with Crippen LogP contribution in [0.1, 0.15) is 11.1 Å². The Morgan fingerprint density at radius 3 is 2.47 bits per heavy atom. The molecule has 2 heterocycles. The molecular formula is C11H4N2O2S2. The predicted octanol–water partition coefficient (Wildman–Crippen LogP) is 2.29. The average molecular weight is 260 g/mol. The van der Waals surface area contributed by atoms with Gasteiger partial charge in [0.05, 0.1) is 0 Å². The molecule has 0 saturated carbocycles. The van der Waals surface area contributed by atoms with Gasteiger partial charge < -0.3 is 5.11 Å². The molecule has 0 unspecified atom stereocenters. The molecule has 0 aliphatic rings. The minimum absolute atomic E-state index is 0.0198. The van der Waals surface area contributed by atoms with Crippen LogP contribution in [-0.2, 0) is 0 Å². The number of rotatable bonds is 1. The lowest BCUT2D eigenvalue weighted by atomic mass is 10.1. The Balaban J connectivity index is 2.95. The van der Waals surface area contributed by atoms with Crippen molar-refractivity contribution in [3.63, 3.8) is 0 Å². The standard InChI is InChI=1S/C11H4N2O2S2/c12-4-6-9(8-2-1-3-16-8)7(5-13)11(15)17-10(6)14/h1-3,14H. The van der Waals surface area contributed by atoms with E-state index in [2.05, 4.69) is 0 Å². The van der Waals surface area contributed by atoms with E-state index < -0.39 is 4.74 Å². The van der Waals surface area contributed by atoms with Gasteiger partial charge in [-0.25, -0.2) is 0 Å². The first-order valence-electron chi connectivity index (χ1n) is 4.43. The number of thiophene rings is 1. The number of hydrogen-bond donors (Lipinski definition) is 1. The third-order valence-corrected chi connectivity index (χ3v) is 3.77. The summed E-state index contributed by atoms with van der Waals surface area (Å²) < 4.78 is -0.535. The number of hydrogen-bond acceptors (Lipinski definition) is 6. The van der Waals surface area contributed by atoms with Crippen molar-refractivity contribution in [2.75, 3.05) is 0 Å². The molecule has 0 amide bonds. The van der Waals surface area contributed by atoms with E-state index >= 15 is 0 Å². The second-order valence-electron chi connectivity index (χ2n) is 3.02. The average Bonchev–Trinajstić information content (AvgIpc) is 2.81. The van der Waals surface area contributed by atoms with Crippen LogP contribution in [0.25, 0.3) is 10.4 Å².